The number of benzene rings is 2. The normalized spacial score (nSPS) is 10.6. The molecule has 2 aromatic carbocycles. The van der Waals surface area contributed by atoms with Crippen LogP contribution < -0.4 is 10.1 Å². The lowest BCUT2D eigenvalue weighted by Crippen LogP contribution is -2.23. The smallest absolute Gasteiger partial charge is 0.252 e. The van der Waals surface area contributed by atoms with Gasteiger partial charge in [-0.25, -0.2) is 8.78 Å². The second-order valence-electron chi connectivity index (χ2n) is 5.34. The molecule has 0 radical (unpaired) electrons. The zero-order chi connectivity index (χ0) is 18.7. The Balaban J connectivity index is 1.71. The van der Waals surface area contributed by atoms with E-state index in [-0.39, 0.29) is 23.8 Å². The second-order valence-corrected chi connectivity index (χ2v) is 6.19. The minimum absolute atomic E-state index is 0.0782. The summed E-state index contributed by atoms with van der Waals surface area (Å²) in [6.45, 7) is 0.0782. The molecule has 0 saturated carbocycles. The van der Waals surface area contributed by atoms with Crippen LogP contribution in [0.4, 0.5) is 8.78 Å². The first kappa shape index (κ1) is 18.1. The number of nitrogens with zero attached hydrogens (tertiary/aromatic N) is 1. The Bertz CT molecular complexity index is 959. The lowest BCUT2D eigenvalue weighted by Gasteiger charge is -2.07. The van der Waals surface area contributed by atoms with Crippen molar-refractivity contribution in [1.82, 2.24) is 10.5 Å². The van der Waals surface area contributed by atoms with Crippen molar-refractivity contribution in [3.63, 3.8) is 0 Å². The first-order valence-electron chi connectivity index (χ1n) is 7.50. The maximum Gasteiger partial charge on any atom is 0.252 e. The molecular weight excluding hydrogens is 410 g/mol. The maximum atomic E-state index is 13.8. The third kappa shape index (κ3) is 3.91. The highest BCUT2D eigenvalue weighted by Crippen LogP contribution is 2.25. The minimum Gasteiger partial charge on any atom is -0.497 e. The van der Waals surface area contributed by atoms with Gasteiger partial charge in [0.15, 0.2) is 5.76 Å². The number of rotatable bonds is 5. The highest BCUT2D eigenvalue weighted by atomic mass is 79.9. The van der Waals surface area contributed by atoms with Crippen molar-refractivity contribution in [1.29, 1.82) is 0 Å². The van der Waals surface area contributed by atoms with Crippen LogP contribution in [0.3, 0.4) is 0 Å². The van der Waals surface area contributed by atoms with Crippen LogP contribution in [0.15, 0.2) is 51.5 Å². The molecule has 0 saturated heterocycles. The topological polar surface area (TPSA) is 64.4 Å². The molecule has 0 spiro atoms. The van der Waals surface area contributed by atoms with Crippen molar-refractivity contribution in [2.45, 2.75) is 6.54 Å². The second kappa shape index (κ2) is 7.65. The summed E-state index contributed by atoms with van der Waals surface area (Å²) < 4.78 is 37.6. The molecule has 0 fully saturated rings. The number of aromatic nitrogens is 1. The molecular formula is C18H13BrF2N2O3. The quantitative estimate of drug-likeness (QED) is 0.664. The van der Waals surface area contributed by atoms with Crippen molar-refractivity contribution < 1.29 is 22.8 Å². The van der Waals surface area contributed by atoms with Gasteiger partial charge in [-0.2, -0.15) is 0 Å². The van der Waals surface area contributed by atoms with Gasteiger partial charge in [0.1, 0.15) is 23.1 Å². The number of nitrogens with one attached hydrogen (secondary N) is 1. The Morgan fingerprint density at radius 2 is 2.04 bits per heavy atom. The van der Waals surface area contributed by atoms with Crippen LogP contribution in [0, 0.1) is 11.6 Å². The summed E-state index contributed by atoms with van der Waals surface area (Å²) in [7, 11) is 1.51. The molecule has 0 aliphatic heterocycles. The van der Waals surface area contributed by atoms with Crippen molar-refractivity contribution in [2.24, 2.45) is 0 Å². The van der Waals surface area contributed by atoms with Crippen LogP contribution in [0.1, 0.15) is 16.1 Å². The number of methoxy groups -OCH3 is 1. The van der Waals surface area contributed by atoms with Gasteiger partial charge >= 0.3 is 0 Å². The fourth-order valence-electron chi connectivity index (χ4n) is 2.28. The maximum absolute atomic E-state index is 13.8. The molecule has 8 heteroatoms. The Hall–Kier alpha value is -2.74. The van der Waals surface area contributed by atoms with Crippen molar-refractivity contribution in [2.75, 3.05) is 7.11 Å². The standard InChI is InChI=1S/C18H13BrF2N2O3/c1-25-12-3-5-15(19)14(8-12)18(24)22-9-11-7-17(26-23-11)13-4-2-10(20)6-16(13)21/h2-8H,9H2,1H3,(H,22,24). The zero-order valence-corrected chi connectivity index (χ0v) is 15.1. The molecule has 1 amide bonds. The largest absolute Gasteiger partial charge is 0.497 e. The molecule has 0 aliphatic carbocycles. The van der Waals surface area contributed by atoms with Gasteiger partial charge in [-0.15, -0.1) is 0 Å². The van der Waals surface area contributed by atoms with E-state index >= 15 is 0 Å². The van der Waals surface area contributed by atoms with E-state index < -0.39 is 11.6 Å². The molecule has 5 nitrogen and oxygen atoms in total. The number of halogens is 3. The van der Waals surface area contributed by atoms with E-state index in [1.807, 2.05) is 0 Å². The predicted molar refractivity (Wildman–Crippen MR) is 93.7 cm³/mol. The Morgan fingerprint density at radius 3 is 2.77 bits per heavy atom. The lowest BCUT2D eigenvalue weighted by atomic mass is 10.1. The van der Waals surface area contributed by atoms with E-state index in [9.17, 15) is 13.6 Å². The number of carbonyl (C=O) groups excluding carboxylic acids is 1. The van der Waals surface area contributed by atoms with Gasteiger partial charge < -0.3 is 14.6 Å². The van der Waals surface area contributed by atoms with E-state index in [1.165, 1.54) is 19.2 Å². The van der Waals surface area contributed by atoms with Crippen molar-refractivity contribution in [3.8, 4) is 17.1 Å². The zero-order valence-electron chi connectivity index (χ0n) is 13.6. The van der Waals surface area contributed by atoms with E-state index in [2.05, 4.69) is 26.4 Å². The van der Waals surface area contributed by atoms with Crippen molar-refractivity contribution >= 4 is 21.8 Å². The van der Waals surface area contributed by atoms with Gasteiger partial charge in [0.05, 0.1) is 24.8 Å². The average molecular weight is 423 g/mol. The van der Waals surface area contributed by atoms with Crippen LogP contribution in [0.5, 0.6) is 5.75 Å². The summed E-state index contributed by atoms with van der Waals surface area (Å²) in [5.41, 5.74) is 0.890. The Labute approximate surface area is 156 Å². The van der Waals surface area contributed by atoms with E-state index in [1.54, 1.807) is 18.2 Å². The average Bonchev–Trinajstić information content (AvgIpc) is 3.08. The SMILES string of the molecule is COc1ccc(Br)c(C(=O)NCc2cc(-c3ccc(F)cc3F)on2)c1. The monoisotopic (exact) mass is 422 g/mol. The van der Waals surface area contributed by atoms with Gasteiger partial charge in [-0.3, -0.25) is 4.79 Å². The first-order chi connectivity index (χ1) is 12.5. The minimum atomic E-state index is -0.753. The molecule has 0 unspecified atom stereocenters. The van der Waals surface area contributed by atoms with E-state index in [0.29, 0.717) is 21.5 Å². The summed E-state index contributed by atoms with van der Waals surface area (Å²) in [5.74, 6) is -1.07. The molecule has 0 bridgehead atoms. The highest BCUT2D eigenvalue weighted by Gasteiger charge is 2.15. The molecule has 3 rings (SSSR count). The van der Waals surface area contributed by atoms with E-state index in [4.69, 9.17) is 9.26 Å². The molecule has 134 valence electrons. The molecule has 0 aliphatic rings. The van der Waals surface area contributed by atoms with Crippen LogP contribution in [-0.4, -0.2) is 18.2 Å². The van der Waals surface area contributed by atoms with Crippen molar-refractivity contribution in [3.05, 3.63) is 69.8 Å². The summed E-state index contributed by atoms with van der Waals surface area (Å²) in [6.07, 6.45) is 0. The number of amides is 1. The number of carbonyl (C=O) groups is 1. The van der Waals surface area contributed by atoms with E-state index in [0.717, 1.165) is 12.1 Å². The third-order valence-electron chi connectivity index (χ3n) is 3.60. The lowest BCUT2D eigenvalue weighted by molar-refractivity contribution is 0.0949. The van der Waals surface area contributed by atoms with Crippen LogP contribution in [0.2, 0.25) is 0 Å². The molecule has 26 heavy (non-hydrogen) atoms. The highest BCUT2D eigenvalue weighted by molar-refractivity contribution is 9.10. The van der Waals surface area contributed by atoms with Crippen LogP contribution >= 0.6 is 15.9 Å². The van der Waals surface area contributed by atoms with Crippen LogP contribution in [0.25, 0.3) is 11.3 Å². The van der Waals surface area contributed by atoms with Gasteiger partial charge in [-0.05, 0) is 46.3 Å². The molecule has 3 aromatic rings. The molecule has 0 atom stereocenters. The molecule has 1 N–H and O–H groups in total. The predicted octanol–water partition coefficient (Wildman–Crippen LogP) is 4.32. The van der Waals surface area contributed by atoms with Crippen LogP contribution in [-0.2, 0) is 6.54 Å². The fourth-order valence-corrected chi connectivity index (χ4v) is 2.71. The molecule has 1 aromatic heterocycles. The third-order valence-corrected chi connectivity index (χ3v) is 4.30. The van der Waals surface area contributed by atoms with Gasteiger partial charge in [0.2, 0.25) is 0 Å². The van der Waals surface area contributed by atoms with Gasteiger partial charge in [-0.1, -0.05) is 5.16 Å². The Morgan fingerprint density at radius 1 is 1.23 bits per heavy atom. The summed E-state index contributed by atoms with van der Waals surface area (Å²) in [5, 5.41) is 6.49. The summed E-state index contributed by atoms with van der Waals surface area (Å²) >= 11 is 3.31. The first-order valence-corrected chi connectivity index (χ1v) is 8.30. The fraction of sp³-hybridized carbons (Fsp3) is 0.111. The summed E-state index contributed by atoms with van der Waals surface area (Å²) in [4.78, 5) is 12.3. The molecule has 1 heterocycles. The van der Waals surface area contributed by atoms with Gasteiger partial charge in [0.25, 0.3) is 5.91 Å². The van der Waals surface area contributed by atoms with Gasteiger partial charge in [0, 0.05) is 16.6 Å². The number of hydrogen-bond donors (Lipinski definition) is 1. The number of hydrogen-bond acceptors (Lipinski definition) is 4. The Kier molecular flexibility index (Phi) is 5.32. The number of ether oxygens (including phenoxy) is 1. The summed E-state index contributed by atoms with van der Waals surface area (Å²) in [6, 6.07) is 9.67.